The second kappa shape index (κ2) is 13.6. The monoisotopic (exact) mass is 595 g/mol. The third-order valence-corrected chi connectivity index (χ3v) is 8.97. The van der Waals surface area contributed by atoms with Gasteiger partial charge in [0.25, 0.3) is 0 Å². The number of anilines is 2. The Labute approximate surface area is 259 Å². The maximum atomic E-state index is 12.5. The first kappa shape index (κ1) is 29.9. The number of aromatic nitrogens is 2. The minimum absolute atomic E-state index is 0.139. The maximum absolute atomic E-state index is 12.5. The van der Waals surface area contributed by atoms with Crippen molar-refractivity contribution in [1.82, 2.24) is 19.8 Å². The normalized spacial score (nSPS) is 19.0. The molecule has 1 unspecified atom stereocenters. The van der Waals surface area contributed by atoms with Crippen molar-refractivity contribution in [3.8, 4) is 12.1 Å². The molecule has 4 heterocycles. The van der Waals surface area contributed by atoms with E-state index in [2.05, 4.69) is 70.7 Å². The molecule has 2 saturated heterocycles. The molecule has 0 radical (unpaired) electrons. The topological polar surface area (TPSA) is 98.1 Å². The smallest absolute Gasteiger partial charge is 0.318 e. The molecule has 230 valence electrons. The van der Waals surface area contributed by atoms with Crippen molar-refractivity contribution in [2.75, 3.05) is 75.4 Å². The molecule has 2 fully saturated rings. The average molecular weight is 596 g/mol. The van der Waals surface area contributed by atoms with Crippen molar-refractivity contribution in [3.63, 3.8) is 0 Å². The molecule has 1 amide bonds. The summed E-state index contributed by atoms with van der Waals surface area (Å²) >= 11 is 0. The average Bonchev–Trinajstić information content (AvgIpc) is 3.06. The number of ether oxygens (including phenoxy) is 2. The number of nitrogens with zero attached hydrogens (tertiary/aromatic N) is 7. The lowest BCUT2D eigenvalue weighted by atomic mass is 9.99. The molecular formula is C34H41N7O3. The van der Waals surface area contributed by atoms with Crippen LogP contribution in [0.3, 0.4) is 0 Å². The third kappa shape index (κ3) is 6.35. The minimum Gasteiger partial charge on any atom is -0.463 e. The third-order valence-electron chi connectivity index (χ3n) is 8.97. The Bertz CT molecular complexity index is 1540. The van der Waals surface area contributed by atoms with Crippen LogP contribution in [0.4, 0.5) is 11.5 Å². The molecule has 0 saturated carbocycles. The van der Waals surface area contributed by atoms with Gasteiger partial charge < -0.3 is 24.2 Å². The highest BCUT2D eigenvalue weighted by molar-refractivity contribution is 5.97. The molecule has 3 aliphatic heterocycles. The highest BCUT2D eigenvalue weighted by Crippen LogP contribution is 2.36. The Kier molecular flexibility index (Phi) is 9.24. The van der Waals surface area contributed by atoms with E-state index in [4.69, 9.17) is 19.4 Å². The lowest BCUT2D eigenvalue weighted by molar-refractivity contribution is -0.128. The minimum atomic E-state index is -0.235. The molecule has 0 bridgehead atoms. The first-order chi connectivity index (χ1) is 21.6. The maximum Gasteiger partial charge on any atom is 0.318 e. The predicted octanol–water partition coefficient (Wildman–Crippen LogP) is 3.72. The number of fused-ring (bicyclic) bond motifs is 2. The fraction of sp³-hybridized carbons (Fsp3) is 0.471. The van der Waals surface area contributed by atoms with E-state index in [1.54, 1.807) is 4.90 Å². The summed E-state index contributed by atoms with van der Waals surface area (Å²) in [4.78, 5) is 31.3. The summed E-state index contributed by atoms with van der Waals surface area (Å²) in [6.45, 7) is 13.9. The van der Waals surface area contributed by atoms with E-state index >= 15 is 0 Å². The zero-order valence-electron chi connectivity index (χ0n) is 25.6. The molecular weight excluding hydrogens is 554 g/mol. The standard InChI is InChI=1S/C34H41N7O3/c1-3-31(42)41-17-16-40(23-27(41)11-13-35)33-28-12-15-39(30-10-5-9-26-8-4-7-25(2)32(26)30)24-29(28)36-34(37-33)44-20-6-14-38-18-21-43-22-19-38/h3-5,7-10,27H,1,6,11-12,14-24H2,2H3. The van der Waals surface area contributed by atoms with Gasteiger partial charge >= 0.3 is 6.01 Å². The molecule has 0 spiro atoms. The van der Waals surface area contributed by atoms with Gasteiger partial charge in [0.15, 0.2) is 0 Å². The summed E-state index contributed by atoms with van der Waals surface area (Å²) in [5.41, 5.74) is 4.56. The highest BCUT2D eigenvalue weighted by Gasteiger charge is 2.33. The van der Waals surface area contributed by atoms with Gasteiger partial charge in [0, 0.05) is 62.5 Å². The number of nitriles is 1. The number of benzene rings is 2. The quantitative estimate of drug-likeness (QED) is 0.271. The van der Waals surface area contributed by atoms with E-state index < -0.39 is 0 Å². The number of carbonyl (C=O) groups is 1. The van der Waals surface area contributed by atoms with Crippen LogP contribution in [-0.2, 0) is 22.5 Å². The lowest BCUT2D eigenvalue weighted by Gasteiger charge is -2.42. The fourth-order valence-electron chi connectivity index (χ4n) is 6.70. The second-order valence-corrected chi connectivity index (χ2v) is 11.7. The van der Waals surface area contributed by atoms with E-state index in [9.17, 15) is 10.1 Å². The molecule has 6 rings (SSSR count). The lowest BCUT2D eigenvalue weighted by Crippen LogP contribution is -2.55. The SMILES string of the molecule is C=CC(=O)N1CCN(c2nc(OCCCN3CCOCC3)nc3c2CCN(c2cccc4cccc(C)c24)C3)CC1CC#N. The van der Waals surface area contributed by atoms with Crippen LogP contribution in [0.2, 0.25) is 0 Å². The molecule has 3 aliphatic rings. The molecule has 0 aliphatic carbocycles. The van der Waals surface area contributed by atoms with Crippen LogP contribution < -0.4 is 14.5 Å². The summed E-state index contributed by atoms with van der Waals surface area (Å²) in [7, 11) is 0. The molecule has 1 aromatic heterocycles. The van der Waals surface area contributed by atoms with Crippen molar-refractivity contribution >= 4 is 28.2 Å². The Balaban J connectivity index is 1.28. The van der Waals surface area contributed by atoms with Gasteiger partial charge in [-0.05, 0) is 42.9 Å². The molecule has 44 heavy (non-hydrogen) atoms. The number of aryl methyl sites for hydroxylation is 1. The van der Waals surface area contributed by atoms with Gasteiger partial charge in [-0.25, -0.2) is 0 Å². The molecule has 10 heteroatoms. The Morgan fingerprint density at radius 1 is 1.11 bits per heavy atom. The van der Waals surface area contributed by atoms with Gasteiger partial charge in [0.05, 0.1) is 50.6 Å². The number of rotatable bonds is 9. The van der Waals surface area contributed by atoms with Gasteiger partial charge in [-0.15, -0.1) is 0 Å². The molecule has 0 N–H and O–H groups in total. The van der Waals surface area contributed by atoms with Gasteiger partial charge in [0.2, 0.25) is 5.91 Å². The fourth-order valence-corrected chi connectivity index (χ4v) is 6.70. The van der Waals surface area contributed by atoms with Crippen LogP contribution >= 0.6 is 0 Å². The van der Waals surface area contributed by atoms with E-state index in [1.165, 1.54) is 28.1 Å². The van der Waals surface area contributed by atoms with E-state index in [1.807, 2.05) is 0 Å². The van der Waals surface area contributed by atoms with Crippen molar-refractivity contribution in [2.24, 2.45) is 0 Å². The van der Waals surface area contributed by atoms with Crippen LogP contribution in [0.5, 0.6) is 6.01 Å². The van der Waals surface area contributed by atoms with Gasteiger partial charge in [-0.1, -0.05) is 36.9 Å². The highest BCUT2D eigenvalue weighted by atomic mass is 16.5. The van der Waals surface area contributed by atoms with Crippen molar-refractivity contribution in [2.45, 2.75) is 38.8 Å². The number of carbonyl (C=O) groups excluding carboxylic acids is 1. The van der Waals surface area contributed by atoms with Crippen LogP contribution in [0.25, 0.3) is 10.8 Å². The number of amides is 1. The number of hydrogen-bond donors (Lipinski definition) is 0. The molecule has 2 aromatic carbocycles. The first-order valence-corrected chi connectivity index (χ1v) is 15.7. The molecule has 10 nitrogen and oxygen atoms in total. The number of morpholine rings is 1. The van der Waals surface area contributed by atoms with Crippen molar-refractivity contribution in [1.29, 1.82) is 5.26 Å². The number of hydrogen-bond acceptors (Lipinski definition) is 9. The number of piperazine rings is 1. The largest absolute Gasteiger partial charge is 0.463 e. The van der Waals surface area contributed by atoms with Crippen LogP contribution in [0, 0.1) is 18.3 Å². The summed E-state index contributed by atoms with van der Waals surface area (Å²) in [5.74, 6) is 0.723. The zero-order valence-corrected chi connectivity index (χ0v) is 25.6. The Morgan fingerprint density at radius 3 is 2.73 bits per heavy atom. The van der Waals surface area contributed by atoms with Gasteiger partial charge in [0.1, 0.15) is 5.82 Å². The zero-order chi connectivity index (χ0) is 30.5. The summed E-state index contributed by atoms with van der Waals surface area (Å²) in [5, 5.41) is 12.0. The van der Waals surface area contributed by atoms with E-state index in [0.717, 1.165) is 69.3 Å². The predicted molar refractivity (Wildman–Crippen MR) is 171 cm³/mol. The van der Waals surface area contributed by atoms with E-state index in [0.29, 0.717) is 38.8 Å². The summed E-state index contributed by atoms with van der Waals surface area (Å²) < 4.78 is 11.7. The van der Waals surface area contributed by atoms with Crippen molar-refractivity contribution in [3.05, 3.63) is 65.9 Å². The Hall–Kier alpha value is -4.20. The summed E-state index contributed by atoms with van der Waals surface area (Å²) in [6, 6.07) is 15.4. The van der Waals surface area contributed by atoms with Crippen molar-refractivity contribution < 1.29 is 14.3 Å². The first-order valence-electron chi connectivity index (χ1n) is 15.7. The van der Waals surface area contributed by atoms with Gasteiger partial charge in [-0.3, -0.25) is 9.69 Å². The van der Waals surface area contributed by atoms with Gasteiger partial charge in [-0.2, -0.15) is 15.2 Å². The van der Waals surface area contributed by atoms with E-state index in [-0.39, 0.29) is 18.4 Å². The van der Waals surface area contributed by atoms with Crippen LogP contribution in [0.1, 0.15) is 29.7 Å². The second-order valence-electron chi connectivity index (χ2n) is 11.7. The molecule has 3 aromatic rings. The Morgan fingerprint density at radius 2 is 1.93 bits per heavy atom. The van der Waals surface area contributed by atoms with Crippen LogP contribution in [0.15, 0.2) is 49.1 Å². The molecule has 1 atom stereocenters. The van der Waals surface area contributed by atoms with Crippen LogP contribution in [-0.4, -0.2) is 97.4 Å². The summed E-state index contributed by atoms with van der Waals surface area (Å²) in [6.07, 6.45) is 3.25.